The Morgan fingerprint density at radius 3 is 2.88 bits per heavy atom. The fourth-order valence-corrected chi connectivity index (χ4v) is 3.28. The van der Waals surface area contributed by atoms with Crippen molar-refractivity contribution in [2.24, 2.45) is 7.05 Å². The van der Waals surface area contributed by atoms with Crippen molar-refractivity contribution >= 4 is 17.5 Å². The molecule has 0 saturated carbocycles. The molecule has 0 radical (unpaired) electrons. The molecule has 2 amide bonds. The monoisotopic (exact) mass is 344 g/mol. The van der Waals surface area contributed by atoms with Gasteiger partial charge in [-0.25, -0.2) is 4.39 Å². The highest BCUT2D eigenvalue weighted by Gasteiger charge is 2.30. The molecular formula is C18H21FN4O2. The third-order valence-electron chi connectivity index (χ3n) is 4.70. The average molecular weight is 344 g/mol. The number of rotatable bonds is 4. The van der Waals surface area contributed by atoms with Crippen molar-refractivity contribution in [2.45, 2.75) is 32.6 Å². The predicted octanol–water partition coefficient (Wildman–Crippen LogP) is 1.96. The first-order valence-electron chi connectivity index (χ1n) is 8.23. The Labute approximate surface area is 145 Å². The van der Waals surface area contributed by atoms with E-state index in [1.165, 1.54) is 12.1 Å². The van der Waals surface area contributed by atoms with E-state index >= 15 is 0 Å². The van der Waals surface area contributed by atoms with E-state index in [1.54, 1.807) is 6.07 Å². The average Bonchev–Trinajstić information content (AvgIpc) is 2.79. The summed E-state index contributed by atoms with van der Waals surface area (Å²) in [5.41, 5.74) is 4.16. The molecule has 7 heteroatoms. The third kappa shape index (κ3) is 3.40. The van der Waals surface area contributed by atoms with Crippen LogP contribution in [0.15, 0.2) is 18.2 Å². The molecular weight excluding hydrogens is 323 g/mol. The number of nitrogens with one attached hydrogen (secondary N) is 2. The number of halogens is 1. The van der Waals surface area contributed by atoms with E-state index < -0.39 is 11.7 Å². The van der Waals surface area contributed by atoms with E-state index in [-0.39, 0.29) is 18.2 Å². The minimum absolute atomic E-state index is 0.0649. The van der Waals surface area contributed by atoms with Crippen molar-refractivity contribution in [1.29, 1.82) is 0 Å². The van der Waals surface area contributed by atoms with E-state index in [1.807, 2.05) is 25.6 Å². The third-order valence-corrected chi connectivity index (χ3v) is 4.70. The van der Waals surface area contributed by atoms with E-state index in [4.69, 9.17) is 0 Å². The summed E-state index contributed by atoms with van der Waals surface area (Å²) in [6.45, 7) is 4.40. The Kier molecular flexibility index (Phi) is 4.57. The quantitative estimate of drug-likeness (QED) is 0.890. The first-order chi connectivity index (χ1) is 11.9. The van der Waals surface area contributed by atoms with Gasteiger partial charge in [0.15, 0.2) is 0 Å². The van der Waals surface area contributed by atoms with Crippen LogP contribution < -0.4 is 10.6 Å². The number of carbonyl (C=O) groups excluding carboxylic acids is 2. The van der Waals surface area contributed by atoms with Crippen molar-refractivity contribution in [3.05, 3.63) is 46.5 Å². The lowest BCUT2D eigenvalue weighted by atomic mass is 9.89. The summed E-state index contributed by atoms with van der Waals surface area (Å²) >= 11 is 0. The van der Waals surface area contributed by atoms with Crippen LogP contribution in [-0.2, 0) is 23.1 Å². The smallest absolute Gasteiger partial charge is 0.228 e. The van der Waals surface area contributed by atoms with Gasteiger partial charge in [-0.1, -0.05) is 6.07 Å². The summed E-state index contributed by atoms with van der Waals surface area (Å²) in [4.78, 5) is 24.4. The molecule has 0 bridgehead atoms. The molecule has 0 saturated heterocycles. The van der Waals surface area contributed by atoms with Crippen LogP contribution in [0.25, 0.3) is 0 Å². The number of fused-ring (bicyclic) bond motifs is 1. The van der Waals surface area contributed by atoms with Gasteiger partial charge in [0.25, 0.3) is 0 Å². The number of anilines is 1. The minimum Gasteiger partial charge on any atom is -0.355 e. The van der Waals surface area contributed by atoms with Crippen LogP contribution in [0, 0.1) is 19.7 Å². The molecule has 0 aliphatic carbocycles. The molecule has 2 N–H and O–H groups in total. The van der Waals surface area contributed by atoms with Crippen LogP contribution in [0.2, 0.25) is 0 Å². The van der Waals surface area contributed by atoms with Crippen molar-refractivity contribution in [1.82, 2.24) is 15.1 Å². The molecule has 3 rings (SSSR count). The topological polar surface area (TPSA) is 76.0 Å². The van der Waals surface area contributed by atoms with Crippen LogP contribution in [0.3, 0.4) is 0 Å². The maximum Gasteiger partial charge on any atom is 0.228 e. The number of benzene rings is 1. The van der Waals surface area contributed by atoms with Gasteiger partial charge in [-0.15, -0.1) is 0 Å². The van der Waals surface area contributed by atoms with E-state index in [2.05, 4.69) is 15.7 Å². The Morgan fingerprint density at radius 1 is 1.44 bits per heavy atom. The van der Waals surface area contributed by atoms with Gasteiger partial charge in [-0.05, 0) is 43.5 Å². The lowest BCUT2D eigenvalue weighted by Gasteiger charge is -2.24. The zero-order valence-corrected chi connectivity index (χ0v) is 14.5. The minimum atomic E-state index is -0.597. The lowest BCUT2D eigenvalue weighted by molar-refractivity contribution is -0.126. The van der Waals surface area contributed by atoms with Crippen LogP contribution in [0.4, 0.5) is 10.1 Å². The number of hydrogen-bond donors (Lipinski definition) is 2. The van der Waals surface area contributed by atoms with Crippen molar-refractivity contribution in [3.63, 3.8) is 0 Å². The zero-order chi connectivity index (χ0) is 18.1. The van der Waals surface area contributed by atoms with E-state index in [0.29, 0.717) is 24.2 Å². The fourth-order valence-electron chi connectivity index (χ4n) is 3.28. The van der Waals surface area contributed by atoms with Gasteiger partial charge in [-0.3, -0.25) is 14.3 Å². The Morgan fingerprint density at radius 2 is 2.20 bits per heavy atom. The molecule has 25 heavy (non-hydrogen) atoms. The normalized spacial score (nSPS) is 16.3. The highest BCUT2D eigenvalue weighted by Crippen LogP contribution is 2.32. The van der Waals surface area contributed by atoms with E-state index in [9.17, 15) is 14.0 Å². The molecule has 132 valence electrons. The molecule has 2 aromatic rings. The molecule has 2 heterocycles. The predicted molar refractivity (Wildman–Crippen MR) is 91.8 cm³/mol. The Hall–Kier alpha value is -2.70. The standard InChI is InChI=1S/C18H21FN4O2/c1-10-13(11(2)23(3)22-10)6-7-20-18(25)15-9-17(24)21-16-8-12(19)4-5-14(15)16/h4-5,8,15H,6-7,9H2,1-3H3,(H,20,25)(H,21,24). The number of aryl methyl sites for hydroxylation is 2. The van der Waals surface area contributed by atoms with Gasteiger partial charge in [-0.2, -0.15) is 5.10 Å². The molecule has 6 nitrogen and oxygen atoms in total. The molecule has 1 aliphatic rings. The fraction of sp³-hybridized carbons (Fsp3) is 0.389. The molecule has 0 spiro atoms. The second-order valence-corrected chi connectivity index (χ2v) is 6.35. The van der Waals surface area contributed by atoms with Crippen LogP contribution >= 0.6 is 0 Å². The lowest BCUT2D eigenvalue weighted by Crippen LogP contribution is -2.36. The van der Waals surface area contributed by atoms with Crippen LogP contribution in [0.1, 0.15) is 34.9 Å². The second-order valence-electron chi connectivity index (χ2n) is 6.35. The first kappa shape index (κ1) is 17.1. The molecule has 1 aromatic carbocycles. The maximum atomic E-state index is 13.4. The number of hydrogen-bond acceptors (Lipinski definition) is 3. The second kappa shape index (κ2) is 6.66. The number of aromatic nitrogens is 2. The Balaban J connectivity index is 1.69. The largest absolute Gasteiger partial charge is 0.355 e. The van der Waals surface area contributed by atoms with Crippen molar-refractivity contribution in [3.8, 4) is 0 Å². The molecule has 1 aliphatic heterocycles. The summed E-state index contributed by atoms with van der Waals surface area (Å²) in [6, 6.07) is 4.11. The maximum absolute atomic E-state index is 13.4. The van der Waals surface area contributed by atoms with Gasteiger partial charge in [0, 0.05) is 31.4 Å². The van der Waals surface area contributed by atoms with Crippen LogP contribution in [-0.4, -0.2) is 28.1 Å². The summed E-state index contributed by atoms with van der Waals surface area (Å²) < 4.78 is 15.2. The van der Waals surface area contributed by atoms with Crippen LogP contribution in [0.5, 0.6) is 0 Å². The SMILES string of the molecule is Cc1nn(C)c(C)c1CCNC(=O)C1CC(=O)Nc2cc(F)ccc21. The van der Waals surface area contributed by atoms with Gasteiger partial charge >= 0.3 is 0 Å². The number of carbonyl (C=O) groups is 2. The van der Waals surface area contributed by atoms with Gasteiger partial charge in [0.1, 0.15) is 5.82 Å². The van der Waals surface area contributed by atoms with Gasteiger partial charge in [0.2, 0.25) is 11.8 Å². The summed E-state index contributed by atoms with van der Waals surface area (Å²) in [5.74, 6) is -1.54. The van der Waals surface area contributed by atoms with Crippen molar-refractivity contribution in [2.75, 3.05) is 11.9 Å². The first-order valence-corrected chi connectivity index (χ1v) is 8.23. The molecule has 1 aromatic heterocycles. The summed E-state index contributed by atoms with van der Waals surface area (Å²) in [5, 5.41) is 9.87. The molecule has 0 fully saturated rings. The number of amides is 2. The number of nitrogens with zero attached hydrogens (tertiary/aromatic N) is 2. The summed E-state index contributed by atoms with van der Waals surface area (Å²) in [7, 11) is 1.89. The highest BCUT2D eigenvalue weighted by molar-refractivity contribution is 6.01. The zero-order valence-electron chi connectivity index (χ0n) is 14.5. The van der Waals surface area contributed by atoms with Gasteiger partial charge in [0.05, 0.1) is 11.6 Å². The highest BCUT2D eigenvalue weighted by atomic mass is 19.1. The Bertz CT molecular complexity index is 844. The van der Waals surface area contributed by atoms with Crippen molar-refractivity contribution < 1.29 is 14.0 Å². The molecule has 1 unspecified atom stereocenters. The molecule has 1 atom stereocenters. The van der Waals surface area contributed by atoms with Gasteiger partial charge < -0.3 is 10.6 Å². The summed E-state index contributed by atoms with van der Waals surface area (Å²) in [6.07, 6.45) is 0.738. The van der Waals surface area contributed by atoms with E-state index in [0.717, 1.165) is 17.0 Å².